The molecule has 1 atom stereocenters. The van der Waals surface area contributed by atoms with Crippen molar-refractivity contribution in [3.05, 3.63) is 59.7 Å². The first-order valence-electron chi connectivity index (χ1n) is 9.70. The Balaban J connectivity index is 1.55. The lowest BCUT2D eigenvalue weighted by atomic mass is 10.1. The Morgan fingerprint density at radius 2 is 1.90 bits per heavy atom. The van der Waals surface area contributed by atoms with Crippen molar-refractivity contribution in [2.75, 3.05) is 25.1 Å². The molecule has 150 valence electrons. The van der Waals surface area contributed by atoms with Crippen molar-refractivity contribution in [1.29, 1.82) is 0 Å². The number of nitrogens with zero attached hydrogens (tertiary/aromatic N) is 2. The van der Waals surface area contributed by atoms with Crippen LogP contribution in [0.1, 0.15) is 28.8 Å². The van der Waals surface area contributed by atoms with Crippen LogP contribution in [0.25, 0.3) is 0 Å². The van der Waals surface area contributed by atoms with Gasteiger partial charge in [0.25, 0.3) is 5.91 Å². The van der Waals surface area contributed by atoms with E-state index in [1.165, 1.54) is 4.90 Å². The van der Waals surface area contributed by atoms with Crippen LogP contribution in [0.3, 0.4) is 0 Å². The monoisotopic (exact) mass is 393 g/mol. The van der Waals surface area contributed by atoms with Crippen molar-refractivity contribution in [2.45, 2.75) is 25.4 Å². The first kappa shape index (κ1) is 19.0. The lowest BCUT2D eigenvalue weighted by Gasteiger charge is -2.25. The molecule has 4 rings (SSSR count). The van der Waals surface area contributed by atoms with Gasteiger partial charge >= 0.3 is 0 Å². The Kier molecular flexibility index (Phi) is 5.20. The second-order valence-corrected chi connectivity index (χ2v) is 7.19. The largest absolute Gasteiger partial charge is 0.496 e. The third kappa shape index (κ3) is 3.55. The smallest absolute Gasteiger partial charge is 0.256 e. The van der Waals surface area contributed by atoms with Crippen molar-refractivity contribution in [2.24, 2.45) is 0 Å². The van der Waals surface area contributed by atoms with Crippen LogP contribution >= 0.6 is 0 Å². The van der Waals surface area contributed by atoms with Crippen molar-refractivity contribution in [3.8, 4) is 5.75 Å². The zero-order valence-corrected chi connectivity index (χ0v) is 16.3. The van der Waals surface area contributed by atoms with Gasteiger partial charge in [-0.25, -0.2) is 0 Å². The Morgan fingerprint density at radius 1 is 1.14 bits per heavy atom. The molecule has 2 aromatic rings. The topological polar surface area (TPSA) is 79.0 Å². The average molecular weight is 393 g/mol. The standard InChI is InChI=1S/C22H23N3O4/c1-29-19-11-5-2-7-15(19)13-23-20(26)14-25-17-9-4-3-8-16(17)21(27)24-12-6-10-18(24)22(25)28/h2-5,7-9,11,18H,6,10,12-14H2,1H3,(H,23,26). The van der Waals surface area contributed by atoms with Gasteiger partial charge in [-0.05, 0) is 31.0 Å². The van der Waals surface area contributed by atoms with Crippen molar-refractivity contribution in [3.63, 3.8) is 0 Å². The first-order valence-corrected chi connectivity index (χ1v) is 9.70. The van der Waals surface area contributed by atoms with Crippen LogP contribution < -0.4 is 15.0 Å². The van der Waals surface area contributed by atoms with E-state index in [1.54, 1.807) is 36.3 Å². The highest BCUT2D eigenvalue weighted by Gasteiger charge is 2.42. The number of carbonyl (C=O) groups excluding carboxylic acids is 3. The molecule has 0 aliphatic carbocycles. The molecule has 0 spiro atoms. The molecule has 29 heavy (non-hydrogen) atoms. The van der Waals surface area contributed by atoms with Gasteiger partial charge in [0, 0.05) is 18.7 Å². The minimum absolute atomic E-state index is 0.136. The van der Waals surface area contributed by atoms with E-state index in [2.05, 4.69) is 5.32 Å². The van der Waals surface area contributed by atoms with Gasteiger partial charge in [0.2, 0.25) is 11.8 Å². The number of carbonyl (C=O) groups is 3. The van der Waals surface area contributed by atoms with Gasteiger partial charge in [0.15, 0.2) is 0 Å². The molecule has 7 nitrogen and oxygen atoms in total. The lowest BCUT2D eigenvalue weighted by Crippen LogP contribution is -2.48. The number of anilines is 1. The van der Waals surface area contributed by atoms with E-state index in [4.69, 9.17) is 4.74 Å². The maximum atomic E-state index is 13.2. The van der Waals surface area contributed by atoms with Gasteiger partial charge in [0.1, 0.15) is 18.3 Å². The lowest BCUT2D eigenvalue weighted by molar-refractivity contribution is -0.125. The molecular weight excluding hydrogens is 370 g/mol. The predicted molar refractivity (Wildman–Crippen MR) is 108 cm³/mol. The number of methoxy groups -OCH3 is 1. The Morgan fingerprint density at radius 3 is 2.72 bits per heavy atom. The molecular formula is C22H23N3O4. The summed E-state index contributed by atoms with van der Waals surface area (Å²) >= 11 is 0. The number of benzene rings is 2. The van der Waals surface area contributed by atoms with Crippen LogP contribution in [0.5, 0.6) is 5.75 Å². The normalized spacial score (nSPS) is 18.2. The van der Waals surface area contributed by atoms with Gasteiger partial charge in [-0.15, -0.1) is 0 Å². The number of hydrogen-bond acceptors (Lipinski definition) is 4. The number of fused-ring (bicyclic) bond motifs is 2. The van der Waals surface area contributed by atoms with Gasteiger partial charge in [-0.3, -0.25) is 14.4 Å². The molecule has 2 aromatic carbocycles. The summed E-state index contributed by atoms with van der Waals surface area (Å²) < 4.78 is 5.31. The molecule has 1 N–H and O–H groups in total. The third-order valence-electron chi connectivity index (χ3n) is 5.46. The second kappa shape index (κ2) is 7.95. The van der Waals surface area contributed by atoms with Gasteiger partial charge in [-0.1, -0.05) is 30.3 Å². The van der Waals surface area contributed by atoms with Crippen LogP contribution in [0, 0.1) is 0 Å². The Bertz CT molecular complexity index is 959. The van der Waals surface area contributed by atoms with Crippen LogP contribution in [-0.4, -0.2) is 48.9 Å². The fourth-order valence-corrected chi connectivity index (χ4v) is 4.02. The molecule has 0 bridgehead atoms. The van der Waals surface area contributed by atoms with Crippen LogP contribution in [0.4, 0.5) is 5.69 Å². The van der Waals surface area contributed by atoms with Crippen molar-refractivity contribution >= 4 is 23.4 Å². The van der Waals surface area contributed by atoms with E-state index in [1.807, 2.05) is 24.3 Å². The summed E-state index contributed by atoms with van der Waals surface area (Å²) in [5.41, 5.74) is 1.80. The molecule has 2 aliphatic heterocycles. The third-order valence-corrected chi connectivity index (χ3v) is 5.46. The summed E-state index contributed by atoms with van der Waals surface area (Å²) in [6.45, 7) is 0.723. The van der Waals surface area contributed by atoms with Crippen LogP contribution in [0.15, 0.2) is 48.5 Å². The van der Waals surface area contributed by atoms with E-state index in [0.29, 0.717) is 36.5 Å². The highest BCUT2D eigenvalue weighted by Crippen LogP contribution is 2.32. The molecule has 1 saturated heterocycles. The maximum Gasteiger partial charge on any atom is 0.256 e. The minimum atomic E-state index is -0.503. The number of para-hydroxylation sites is 2. The van der Waals surface area contributed by atoms with E-state index in [0.717, 1.165) is 12.0 Å². The fraction of sp³-hybridized carbons (Fsp3) is 0.318. The minimum Gasteiger partial charge on any atom is -0.496 e. The summed E-state index contributed by atoms with van der Waals surface area (Å²) in [7, 11) is 1.58. The zero-order valence-electron chi connectivity index (χ0n) is 16.3. The molecule has 1 fully saturated rings. The highest BCUT2D eigenvalue weighted by molar-refractivity contribution is 6.12. The zero-order chi connectivity index (χ0) is 20.4. The number of hydrogen-bond donors (Lipinski definition) is 1. The number of rotatable bonds is 5. The van der Waals surface area contributed by atoms with Crippen LogP contribution in [0.2, 0.25) is 0 Å². The second-order valence-electron chi connectivity index (χ2n) is 7.19. The van der Waals surface area contributed by atoms with Crippen molar-refractivity contribution < 1.29 is 19.1 Å². The molecule has 1 unspecified atom stereocenters. The predicted octanol–water partition coefficient (Wildman–Crippen LogP) is 1.96. The van der Waals surface area contributed by atoms with Crippen LogP contribution in [-0.2, 0) is 16.1 Å². The summed E-state index contributed by atoms with van der Waals surface area (Å²) in [5, 5.41) is 2.85. The fourth-order valence-electron chi connectivity index (χ4n) is 4.02. The maximum absolute atomic E-state index is 13.2. The van der Waals surface area contributed by atoms with E-state index >= 15 is 0 Å². The molecule has 0 saturated carbocycles. The molecule has 7 heteroatoms. The molecule has 0 aromatic heterocycles. The highest BCUT2D eigenvalue weighted by atomic mass is 16.5. The Labute approximate surface area is 169 Å². The number of ether oxygens (including phenoxy) is 1. The van der Waals surface area contributed by atoms with Gasteiger partial charge in [0.05, 0.1) is 18.4 Å². The molecule has 2 heterocycles. The van der Waals surface area contributed by atoms with E-state index in [-0.39, 0.29) is 24.3 Å². The van der Waals surface area contributed by atoms with Gasteiger partial charge < -0.3 is 19.9 Å². The summed E-state index contributed by atoms with van der Waals surface area (Å²) in [6, 6.07) is 13.9. The van der Waals surface area contributed by atoms with Crippen molar-refractivity contribution in [1.82, 2.24) is 10.2 Å². The molecule has 2 aliphatic rings. The number of amides is 3. The summed E-state index contributed by atoms with van der Waals surface area (Å²) in [4.78, 5) is 41.8. The average Bonchev–Trinajstić information content (AvgIpc) is 3.22. The molecule has 0 radical (unpaired) electrons. The van der Waals surface area contributed by atoms with Gasteiger partial charge in [-0.2, -0.15) is 0 Å². The molecule has 3 amide bonds. The summed E-state index contributed by atoms with van der Waals surface area (Å²) in [5.74, 6) is 0.0516. The Hall–Kier alpha value is -3.35. The number of nitrogens with one attached hydrogen (secondary N) is 1. The SMILES string of the molecule is COc1ccccc1CNC(=O)CN1C(=O)C2CCCN2C(=O)c2ccccc21. The summed E-state index contributed by atoms with van der Waals surface area (Å²) in [6.07, 6.45) is 1.41. The first-order chi connectivity index (χ1) is 14.1. The quantitative estimate of drug-likeness (QED) is 0.842. The van der Waals surface area contributed by atoms with E-state index < -0.39 is 6.04 Å². The van der Waals surface area contributed by atoms with E-state index in [9.17, 15) is 14.4 Å².